The lowest BCUT2D eigenvalue weighted by molar-refractivity contribution is -0.175. The first-order valence-electron chi connectivity index (χ1n) is 6.89. The predicted octanol–water partition coefficient (Wildman–Crippen LogP) is -0.228. The standard InChI is InChI=1S/C13H23N3O5/c1-4-8(2)10(15-12(14)20)11(19)16-6-13(3,7-16)21-5-9(17)18/h8,10H,4-7H2,1-3H3,(H,17,18)(H3,14,15,20). The van der Waals surface area contributed by atoms with Gasteiger partial charge < -0.3 is 25.8 Å². The van der Waals surface area contributed by atoms with E-state index in [4.69, 9.17) is 15.6 Å². The van der Waals surface area contributed by atoms with Crippen LogP contribution < -0.4 is 11.1 Å². The summed E-state index contributed by atoms with van der Waals surface area (Å²) in [6.45, 7) is 5.73. The number of carboxylic acid groups (broad SMARTS) is 1. The van der Waals surface area contributed by atoms with Crippen LogP contribution in [0.1, 0.15) is 27.2 Å². The van der Waals surface area contributed by atoms with Crippen LogP contribution in [0.3, 0.4) is 0 Å². The van der Waals surface area contributed by atoms with Crippen molar-refractivity contribution >= 4 is 17.9 Å². The van der Waals surface area contributed by atoms with Gasteiger partial charge in [-0.15, -0.1) is 0 Å². The van der Waals surface area contributed by atoms with Crippen LogP contribution in [0.25, 0.3) is 0 Å². The zero-order valence-electron chi connectivity index (χ0n) is 12.6. The number of nitrogens with two attached hydrogens (primary N) is 1. The molecule has 4 N–H and O–H groups in total. The normalized spacial score (nSPS) is 19.3. The van der Waals surface area contributed by atoms with E-state index >= 15 is 0 Å². The van der Waals surface area contributed by atoms with E-state index in [-0.39, 0.29) is 11.8 Å². The molecule has 2 unspecified atom stereocenters. The summed E-state index contributed by atoms with van der Waals surface area (Å²) in [6, 6.07) is -1.41. The number of carboxylic acids is 1. The van der Waals surface area contributed by atoms with Crippen LogP contribution in [-0.4, -0.2) is 59.3 Å². The van der Waals surface area contributed by atoms with E-state index in [9.17, 15) is 14.4 Å². The molecule has 21 heavy (non-hydrogen) atoms. The smallest absolute Gasteiger partial charge is 0.329 e. The number of hydrogen-bond donors (Lipinski definition) is 3. The third-order valence-corrected chi connectivity index (χ3v) is 3.68. The number of ether oxygens (including phenoxy) is 1. The molecule has 3 amide bonds. The molecule has 0 spiro atoms. The lowest BCUT2D eigenvalue weighted by Gasteiger charge is -2.48. The van der Waals surface area contributed by atoms with E-state index in [1.54, 1.807) is 6.92 Å². The number of urea groups is 1. The Morgan fingerprint density at radius 3 is 2.43 bits per heavy atom. The molecule has 1 heterocycles. The van der Waals surface area contributed by atoms with Gasteiger partial charge in [-0.2, -0.15) is 0 Å². The summed E-state index contributed by atoms with van der Waals surface area (Å²) in [4.78, 5) is 35.4. The van der Waals surface area contributed by atoms with E-state index in [0.29, 0.717) is 13.1 Å². The Morgan fingerprint density at radius 1 is 1.43 bits per heavy atom. The van der Waals surface area contributed by atoms with Crippen molar-refractivity contribution in [1.82, 2.24) is 10.2 Å². The maximum Gasteiger partial charge on any atom is 0.329 e. The molecule has 0 bridgehead atoms. The van der Waals surface area contributed by atoms with Crippen molar-refractivity contribution in [3.63, 3.8) is 0 Å². The van der Waals surface area contributed by atoms with Crippen molar-refractivity contribution < 1.29 is 24.2 Å². The van der Waals surface area contributed by atoms with Crippen LogP contribution in [0.15, 0.2) is 0 Å². The average Bonchev–Trinajstić information content (AvgIpc) is 2.37. The summed E-state index contributed by atoms with van der Waals surface area (Å²) < 4.78 is 5.25. The minimum Gasteiger partial charge on any atom is -0.480 e. The summed E-state index contributed by atoms with van der Waals surface area (Å²) in [7, 11) is 0. The molecular formula is C13H23N3O5. The van der Waals surface area contributed by atoms with Gasteiger partial charge in [0, 0.05) is 0 Å². The number of carbonyl (C=O) groups is 3. The Bertz CT molecular complexity index is 420. The SMILES string of the molecule is CCC(C)C(NC(N)=O)C(=O)N1CC(C)(OCC(=O)O)C1. The van der Waals surface area contributed by atoms with E-state index in [1.807, 2.05) is 13.8 Å². The second-order valence-corrected chi connectivity index (χ2v) is 5.70. The van der Waals surface area contributed by atoms with E-state index in [0.717, 1.165) is 6.42 Å². The number of amides is 3. The van der Waals surface area contributed by atoms with Crippen molar-refractivity contribution in [2.45, 2.75) is 38.8 Å². The highest BCUT2D eigenvalue weighted by Gasteiger charge is 2.45. The van der Waals surface area contributed by atoms with Crippen molar-refractivity contribution in [3.8, 4) is 0 Å². The average molecular weight is 301 g/mol. The first-order valence-corrected chi connectivity index (χ1v) is 6.89. The first kappa shape index (κ1) is 17.2. The highest BCUT2D eigenvalue weighted by Crippen LogP contribution is 2.26. The molecule has 0 aromatic heterocycles. The van der Waals surface area contributed by atoms with Gasteiger partial charge >= 0.3 is 12.0 Å². The van der Waals surface area contributed by atoms with Gasteiger partial charge in [0.05, 0.1) is 13.1 Å². The monoisotopic (exact) mass is 301 g/mol. The lowest BCUT2D eigenvalue weighted by Crippen LogP contribution is -2.67. The molecule has 0 aromatic rings. The van der Waals surface area contributed by atoms with Crippen LogP contribution in [0.5, 0.6) is 0 Å². The Balaban J connectivity index is 2.59. The summed E-state index contributed by atoms with van der Waals surface area (Å²) in [6.07, 6.45) is 0.720. The summed E-state index contributed by atoms with van der Waals surface area (Å²) in [5, 5.41) is 11.1. The fraction of sp³-hybridized carbons (Fsp3) is 0.769. The van der Waals surface area contributed by atoms with Crippen LogP contribution in [0, 0.1) is 5.92 Å². The Labute approximate surface area is 123 Å². The van der Waals surface area contributed by atoms with Crippen LogP contribution in [0.4, 0.5) is 4.79 Å². The van der Waals surface area contributed by atoms with E-state index in [1.165, 1.54) is 4.90 Å². The maximum atomic E-state index is 12.4. The van der Waals surface area contributed by atoms with Gasteiger partial charge in [0.2, 0.25) is 5.91 Å². The quantitative estimate of drug-likeness (QED) is 0.599. The second-order valence-electron chi connectivity index (χ2n) is 5.70. The molecule has 1 fully saturated rings. The summed E-state index contributed by atoms with van der Waals surface area (Å²) >= 11 is 0. The zero-order chi connectivity index (χ0) is 16.2. The van der Waals surface area contributed by atoms with Crippen molar-refractivity contribution in [3.05, 3.63) is 0 Å². The molecule has 0 aliphatic carbocycles. The van der Waals surface area contributed by atoms with Gasteiger partial charge in [-0.3, -0.25) is 4.79 Å². The van der Waals surface area contributed by atoms with Gasteiger partial charge in [0.1, 0.15) is 18.2 Å². The molecule has 0 radical (unpaired) electrons. The van der Waals surface area contributed by atoms with Crippen LogP contribution in [0.2, 0.25) is 0 Å². The fourth-order valence-corrected chi connectivity index (χ4v) is 2.28. The molecule has 120 valence electrons. The molecule has 8 nitrogen and oxygen atoms in total. The number of hydrogen-bond acceptors (Lipinski definition) is 4. The van der Waals surface area contributed by atoms with Crippen LogP contribution in [-0.2, 0) is 14.3 Å². The number of nitrogens with zero attached hydrogens (tertiary/aromatic N) is 1. The zero-order valence-corrected chi connectivity index (χ0v) is 12.6. The Morgan fingerprint density at radius 2 is 2.00 bits per heavy atom. The molecular weight excluding hydrogens is 278 g/mol. The van der Waals surface area contributed by atoms with Gasteiger partial charge in [-0.1, -0.05) is 20.3 Å². The van der Waals surface area contributed by atoms with Gasteiger partial charge in [0.25, 0.3) is 0 Å². The lowest BCUT2D eigenvalue weighted by atomic mass is 9.91. The third-order valence-electron chi connectivity index (χ3n) is 3.68. The van der Waals surface area contributed by atoms with Crippen molar-refractivity contribution in [2.24, 2.45) is 11.7 Å². The van der Waals surface area contributed by atoms with E-state index in [2.05, 4.69) is 5.32 Å². The molecule has 1 saturated heterocycles. The number of nitrogens with one attached hydrogen (secondary N) is 1. The maximum absolute atomic E-state index is 12.4. The van der Waals surface area contributed by atoms with Gasteiger partial charge in [-0.25, -0.2) is 9.59 Å². The highest BCUT2D eigenvalue weighted by molar-refractivity contribution is 5.87. The largest absolute Gasteiger partial charge is 0.480 e. The molecule has 0 aromatic carbocycles. The first-order chi connectivity index (χ1) is 9.68. The Kier molecular flexibility index (Phi) is 5.54. The number of likely N-dealkylation sites (tertiary alicyclic amines) is 1. The molecule has 1 aliphatic rings. The van der Waals surface area contributed by atoms with Crippen molar-refractivity contribution in [1.29, 1.82) is 0 Å². The minimum atomic E-state index is -1.05. The van der Waals surface area contributed by atoms with Crippen LogP contribution >= 0.6 is 0 Å². The Hall–Kier alpha value is -1.83. The molecule has 0 saturated carbocycles. The topological polar surface area (TPSA) is 122 Å². The second kappa shape index (κ2) is 6.75. The van der Waals surface area contributed by atoms with Crippen molar-refractivity contribution in [2.75, 3.05) is 19.7 Å². The number of aliphatic carboxylic acids is 1. The number of carbonyl (C=O) groups excluding carboxylic acids is 2. The summed E-state index contributed by atoms with van der Waals surface area (Å²) in [5.74, 6) is -1.31. The molecule has 8 heteroatoms. The number of primary amides is 1. The fourth-order valence-electron chi connectivity index (χ4n) is 2.28. The van der Waals surface area contributed by atoms with Gasteiger partial charge in [0.15, 0.2) is 0 Å². The minimum absolute atomic E-state index is 0.0446. The molecule has 1 rings (SSSR count). The molecule has 1 aliphatic heterocycles. The predicted molar refractivity (Wildman–Crippen MR) is 74.5 cm³/mol. The summed E-state index contributed by atoms with van der Waals surface area (Å²) in [5.41, 5.74) is 4.45. The van der Waals surface area contributed by atoms with Gasteiger partial charge in [-0.05, 0) is 12.8 Å². The third kappa shape index (κ3) is 4.59. The molecule has 2 atom stereocenters. The van der Waals surface area contributed by atoms with E-state index < -0.39 is 30.3 Å². The number of rotatable bonds is 7. The highest BCUT2D eigenvalue weighted by atomic mass is 16.5.